The van der Waals surface area contributed by atoms with Crippen molar-refractivity contribution in [1.82, 2.24) is 19.6 Å². The van der Waals surface area contributed by atoms with Crippen LogP contribution in [0.15, 0.2) is 54.2 Å². The number of benzene rings is 1. The van der Waals surface area contributed by atoms with Gasteiger partial charge in [0.15, 0.2) is 5.65 Å². The largest absolute Gasteiger partial charge is 0.416 e. The summed E-state index contributed by atoms with van der Waals surface area (Å²) in [5, 5.41) is 9.11. The van der Waals surface area contributed by atoms with E-state index in [1.807, 2.05) is 0 Å². The summed E-state index contributed by atoms with van der Waals surface area (Å²) in [7, 11) is 0. The smallest absolute Gasteiger partial charge is 0.310 e. The number of nitrogens with one attached hydrogen (secondary N) is 1. The molecule has 0 aliphatic carbocycles. The summed E-state index contributed by atoms with van der Waals surface area (Å²) in [5.74, 6) is 0.200. The third kappa shape index (κ3) is 3.72. The molecule has 3 aromatic heterocycles. The maximum Gasteiger partial charge on any atom is 0.416 e. The zero-order valence-electron chi connectivity index (χ0n) is 14.1. The molecule has 0 saturated heterocycles. The fourth-order valence-electron chi connectivity index (χ4n) is 2.60. The molecular formula is C18H12F3N5OS. The van der Waals surface area contributed by atoms with Crippen LogP contribution in [-0.2, 0) is 17.4 Å². The number of aromatic nitrogens is 4. The third-order valence-electron chi connectivity index (χ3n) is 3.91. The van der Waals surface area contributed by atoms with E-state index in [1.54, 1.807) is 29.9 Å². The lowest BCUT2D eigenvalue weighted by atomic mass is 10.1. The van der Waals surface area contributed by atoms with Gasteiger partial charge in [0.25, 0.3) is 0 Å². The molecule has 3 heterocycles. The Bertz CT molecular complexity index is 1130. The average Bonchev–Trinajstić information content (AvgIpc) is 3.31. The average molecular weight is 403 g/mol. The molecule has 1 aromatic carbocycles. The second kappa shape index (κ2) is 7.04. The Balaban J connectivity index is 1.46. The van der Waals surface area contributed by atoms with E-state index in [9.17, 15) is 18.0 Å². The van der Waals surface area contributed by atoms with Gasteiger partial charge < -0.3 is 5.32 Å². The SMILES string of the molecule is O=C(Cc1csc(-c2ccc(C(F)(F)F)cc2)n1)Nc1ccnc2ccnn12. The second-order valence-electron chi connectivity index (χ2n) is 5.88. The topological polar surface area (TPSA) is 72.2 Å². The predicted octanol–water partition coefficient (Wildman–Crippen LogP) is 4.05. The number of nitrogens with zero attached hydrogens (tertiary/aromatic N) is 4. The summed E-state index contributed by atoms with van der Waals surface area (Å²) in [6.07, 6.45) is -1.20. The predicted molar refractivity (Wildman–Crippen MR) is 97.9 cm³/mol. The fraction of sp³-hybridized carbons (Fsp3) is 0.111. The van der Waals surface area contributed by atoms with Gasteiger partial charge in [0.05, 0.1) is 23.9 Å². The summed E-state index contributed by atoms with van der Waals surface area (Å²) < 4.78 is 39.5. The van der Waals surface area contributed by atoms with Crippen LogP contribution in [0.4, 0.5) is 19.0 Å². The van der Waals surface area contributed by atoms with Gasteiger partial charge in [-0.3, -0.25) is 4.79 Å². The van der Waals surface area contributed by atoms with E-state index < -0.39 is 11.7 Å². The highest BCUT2D eigenvalue weighted by Crippen LogP contribution is 2.31. The highest BCUT2D eigenvalue weighted by Gasteiger charge is 2.30. The Morgan fingerprint density at radius 1 is 1.11 bits per heavy atom. The monoisotopic (exact) mass is 403 g/mol. The molecule has 4 aromatic rings. The quantitative estimate of drug-likeness (QED) is 0.558. The highest BCUT2D eigenvalue weighted by atomic mass is 32.1. The van der Waals surface area contributed by atoms with Crippen molar-refractivity contribution in [3.05, 3.63) is 65.4 Å². The summed E-state index contributed by atoms with van der Waals surface area (Å²) in [5.41, 5.74) is 0.992. The van der Waals surface area contributed by atoms with Crippen LogP contribution >= 0.6 is 11.3 Å². The lowest BCUT2D eigenvalue weighted by Crippen LogP contribution is -2.17. The van der Waals surface area contributed by atoms with E-state index in [0.29, 0.717) is 27.7 Å². The second-order valence-corrected chi connectivity index (χ2v) is 6.73. The molecule has 0 bridgehead atoms. The minimum Gasteiger partial charge on any atom is -0.310 e. The maximum atomic E-state index is 12.7. The van der Waals surface area contributed by atoms with Crippen LogP contribution in [0, 0.1) is 0 Å². The van der Waals surface area contributed by atoms with Gasteiger partial charge in [0.1, 0.15) is 10.8 Å². The van der Waals surface area contributed by atoms with Crippen LogP contribution in [0.2, 0.25) is 0 Å². The number of rotatable bonds is 4. The van der Waals surface area contributed by atoms with E-state index in [4.69, 9.17) is 0 Å². The first-order valence-electron chi connectivity index (χ1n) is 8.11. The van der Waals surface area contributed by atoms with Gasteiger partial charge in [0, 0.05) is 23.2 Å². The summed E-state index contributed by atoms with van der Waals surface area (Å²) in [4.78, 5) is 20.8. The molecule has 0 saturated carbocycles. The molecule has 0 fully saturated rings. The number of carbonyl (C=O) groups is 1. The highest BCUT2D eigenvalue weighted by molar-refractivity contribution is 7.13. The Hall–Kier alpha value is -3.27. The molecule has 4 rings (SSSR count). The Kier molecular flexibility index (Phi) is 4.55. The molecule has 0 aliphatic rings. The molecule has 142 valence electrons. The van der Waals surface area contributed by atoms with Gasteiger partial charge in [0.2, 0.25) is 5.91 Å². The van der Waals surface area contributed by atoms with E-state index in [2.05, 4.69) is 20.4 Å². The number of carbonyl (C=O) groups excluding carboxylic acids is 1. The summed E-state index contributed by atoms with van der Waals surface area (Å²) in [6, 6.07) is 8.12. The van der Waals surface area contributed by atoms with Crippen molar-refractivity contribution >= 4 is 28.7 Å². The molecule has 6 nitrogen and oxygen atoms in total. The van der Waals surface area contributed by atoms with Crippen LogP contribution < -0.4 is 5.32 Å². The molecule has 0 spiro atoms. The number of hydrogen-bond donors (Lipinski definition) is 1. The normalized spacial score (nSPS) is 11.7. The Morgan fingerprint density at radius 3 is 2.64 bits per heavy atom. The van der Waals surface area contributed by atoms with Gasteiger partial charge >= 0.3 is 6.18 Å². The number of hydrogen-bond acceptors (Lipinski definition) is 5. The standard InChI is InChI=1S/C18H12F3N5OS/c19-18(20,21)12-3-1-11(2-4-12)17-24-13(10-28-17)9-16(27)25-15-5-7-22-14-6-8-23-26(14)15/h1-8,10H,9H2,(H,25,27). The lowest BCUT2D eigenvalue weighted by molar-refractivity contribution is -0.137. The summed E-state index contributed by atoms with van der Waals surface area (Å²) in [6.45, 7) is 0. The van der Waals surface area contributed by atoms with Crippen molar-refractivity contribution in [3.8, 4) is 10.6 Å². The first-order valence-corrected chi connectivity index (χ1v) is 8.99. The number of halogens is 3. The Labute approximate surface area is 160 Å². The lowest BCUT2D eigenvalue weighted by Gasteiger charge is -2.06. The number of amides is 1. The van der Waals surface area contributed by atoms with Crippen molar-refractivity contribution in [3.63, 3.8) is 0 Å². The van der Waals surface area contributed by atoms with Gasteiger partial charge in [-0.25, -0.2) is 9.97 Å². The molecule has 0 atom stereocenters. The number of alkyl halides is 3. The zero-order valence-corrected chi connectivity index (χ0v) is 15.0. The van der Waals surface area contributed by atoms with E-state index in [-0.39, 0.29) is 12.3 Å². The number of fused-ring (bicyclic) bond motifs is 1. The van der Waals surface area contributed by atoms with E-state index in [1.165, 1.54) is 28.0 Å². The van der Waals surface area contributed by atoms with Crippen LogP contribution in [0.3, 0.4) is 0 Å². The first-order chi connectivity index (χ1) is 13.4. The molecule has 0 radical (unpaired) electrons. The summed E-state index contributed by atoms with van der Waals surface area (Å²) >= 11 is 1.27. The van der Waals surface area contributed by atoms with Crippen LogP contribution in [-0.4, -0.2) is 25.5 Å². The fourth-order valence-corrected chi connectivity index (χ4v) is 3.43. The van der Waals surface area contributed by atoms with Crippen molar-refractivity contribution in [2.75, 3.05) is 5.32 Å². The van der Waals surface area contributed by atoms with Crippen molar-refractivity contribution in [2.24, 2.45) is 0 Å². The third-order valence-corrected chi connectivity index (χ3v) is 4.85. The van der Waals surface area contributed by atoms with Crippen LogP contribution in [0.1, 0.15) is 11.3 Å². The van der Waals surface area contributed by atoms with Crippen molar-refractivity contribution in [1.29, 1.82) is 0 Å². The molecule has 0 unspecified atom stereocenters. The van der Waals surface area contributed by atoms with Crippen LogP contribution in [0.5, 0.6) is 0 Å². The molecule has 1 amide bonds. The van der Waals surface area contributed by atoms with Gasteiger partial charge in [-0.2, -0.15) is 22.8 Å². The molecular weight excluding hydrogens is 391 g/mol. The van der Waals surface area contributed by atoms with Crippen molar-refractivity contribution in [2.45, 2.75) is 12.6 Å². The van der Waals surface area contributed by atoms with E-state index in [0.717, 1.165) is 12.1 Å². The molecule has 1 N–H and O–H groups in total. The zero-order chi connectivity index (χ0) is 19.7. The molecule has 28 heavy (non-hydrogen) atoms. The Morgan fingerprint density at radius 2 is 1.89 bits per heavy atom. The molecule has 0 aliphatic heterocycles. The minimum atomic E-state index is -4.38. The number of anilines is 1. The van der Waals surface area contributed by atoms with Crippen LogP contribution in [0.25, 0.3) is 16.2 Å². The van der Waals surface area contributed by atoms with Gasteiger partial charge in [-0.15, -0.1) is 11.3 Å². The first kappa shape index (κ1) is 18.1. The number of thiazole rings is 1. The molecule has 10 heteroatoms. The minimum absolute atomic E-state index is 0.0300. The maximum absolute atomic E-state index is 12.7. The van der Waals surface area contributed by atoms with Gasteiger partial charge in [-0.1, -0.05) is 12.1 Å². The van der Waals surface area contributed by atoms with Crippen molar-refractivity contribution < 1.29 is 18.0 Å². The van der Waals surface area contributed by atoms with E-state index >= 15 is 0 Å². The van der Waals surface area contributed by atoms with Gasteiger partial charge in [-0.05, 0) is 18.2 Å².